The Morgan fingerprint density at radius 1 is 1.12 bits per heavy atom. The average molecular weight is 574 g/mol. The number of aromatic hydroxyl groups is 1. The number of amides is 1. The van der Waals surface area contributed by atoms with Gasteiger partial charge in [0.1, 0.15) is 0 Å². The quantitative estimate of drug-likeness (QED) is 0.186. The molecule has 2 unspecified atom stereocenters. The molecule has 5 N–H and O–H groups in total. The van der Waals surface area contributed by atoms with Crippen LogP contribution in [0.4, 0.5) is 4.79 Å². The van der Waals surface area contributed by atoms with E-state index in [1.807, 2.05) is 63.2 Å². The zero-order valence-electron chi connectivity index (χ0n) is 23.3. The van der Waals surface area contributed by atoms with Gasteiger partial charge in [-0.25, -0.2) is 13.2 Å². The minimum Gasteiger partial charge on any atom is -0.494 e. The summed E-state index contributed by atoms with van der Waals surface area (Å²) in [6.45, 7) is 4.75. The van der Waals surface area contributed by atoms with E-state index in [2.05, 4.69) is 15.3 Å². The molecule has 0 radical (unpaired) electrons. The number of aliphatic imine (C=N–C) groups is 1. The fourth-order valence-electron chi connectivity index (χ4n) is 4.36. The summed E-state index contributed by atoms with van der Waals surface area (Å²) in [5.74, 6) is -0.183. The Hall–Kier alpha value is -3.45. The third-order valence-corrected chi connectivity index (χ3v) is 8.18. The number of aromatic amines is 1. The van der Waals surface area contributed by atoms with Gasteiger partial charge in [-0.05, 0) is 50.2 Å². The summed E-state index contributed by atoms with van der Waals surface area (Å²) in [7, 11) is -0.254. The number of hydrogen-bond acceptors (Lipinski definition) is 7. The number of likely N-dealkylation sites (N-methyl/N-ethyl adjacent to an activating group) is 1. The summed E-state index contributed by atoms with van der Waals surface area (Å²) in [5, 5.41) is 33.7. The van der Waals surface area contributed by atoms with E-state index in [0.717, 1.165) is 5.56 Å². The number of rotatable bonds is 14. The SMILES string of the molecule is CC(C)CN(CC(O)C(Cc1ccccc1)NC(=O)O)S(=O)(=O)c1ccc2[nH]c(O)c(C=NCCN(C)C)c2c1. The molecule has 12 heteroatoms. The summed E-state index contributed by atoms with van der Waals surface area (Å²) in [6, 6.07) is 12.6. The number of carbonyl (C=O) groups is 1. The van der Waals surface area contributed by atoms with Crippen LogP contribution in [0.2, 0.25) is 0 Å². The lowest BCUT2D eigenvalue weighted by atomic mass is 10.0. The monoisotopic (exact) mass is 573 g/mol. The molecule has 0 fully saturated rings. The first kappa shape index (κ1) is 31.1. The molecule has 1 heterocycles. The Balaban J connectivity index is 1.92. The lowest BCUT2D eigenvalue weighted by Gasteiger charge is -2.30. The number of aliphatic hydroxyl groups excluding tert-OH is 1. The Kier molecular flexibility index (Phi) is 10.7. The highest BCUT2D eigenvalue weighted by Crippen LogP contribution is 2.29. The van der Waals surface area contributed by atoms with Crippen molar-refractivity contribution in [3.63, 3.8) is 0 Å². The van der Waals surface area contributed by atoms with Crippen LogP contribution >= 0.6 is 0 Å². The van der Waals surface area contributed by atoms with Gasteiger partial charge in [0.25, 0.3) is 0 Å². The molecule has 0 spiro atoms. The van der Waals surface area contributed by atoms with Crippen LogP contribution in [0, 0.1) is 5.92 Å². The summed E-state index contributed by atoms with van der Waals surface area (Å²) >= 11 is 0. The van der Waals surface area contributed by atoms with Gasteiger partial charge in [0.05, 0.1) is 29.1 Å². The molecule has 1 amide bonds. The Morgan fingerprint density at radius 2 is 1.82 bits per heavy atom. The van der Waals surface area contributed by atoms with Gasteiger partial charge in [0.15, 0.2) is 5.88 Å². The second-order valence-corrected chi connectivity index (χ2v) is 12.4. The van der Waals surface area contributed by atoms with Crippen molar-refractivity contribution in [2.24, 2.45) is 10.9 Å². The topological polar surface area (TPSA) is 159 Å². The molecule has 0 aliphatic heterocycles. The molecule has 3 rings (SSSR count). The standard InChI is InChI=1S/C28H39N5O6S/c1-19(2)17-33(18-26(34)25(31-28(36)37)14-20-8-6-5-7-9-20)40(38,39)21-10-11-24-22(15-21)23(27(35)30-24)16-29-12-13-32(3)4/h5-11,15-16,19,25-26,30-31,34-35H,12-14,17-18H2,1-4H3,(H,36,37). The van der Waals surface area contributed by atoms with E-state index in [1.165, 1.54) is 22.7 Å². The number of aromatic nitrogens is 1. The molecule has 0 saturated carbocycles. The maximum Gasteiger partial charge on any atom is 0.404 e. The van der Waals surface area contributed by atoms with Crippen molar-refractivity contribution in [2.45, 2.75) is 37.3 Å². The zero-order chi connectivity index (χ0) is 29.4. The van der Waals surface area contributed by atoms with Gasteiger partial charge in [0.2, 0.25) is 10.0 Å². The molecule has 2 aromatic carbocycles. The summed E-state index contributed by atoms with van der Waals surface area (Å²) < 4.78 is 28.9. The van der Waals surface area contributed by atoms with Gasteiger partial charge in [-0.2, -0.15) is 4.31 Å². The normalized spacial score (nSPS) is 14.0. The second-order valence-electron chi connectivity index (χ2n) is 10.5. The van der Waals surface area contributed by atoms with Crippen molar-refractivity contribution in [3.05, 3.63) is 59.7 Å². The van der Waals surface area contributed by atoms with Crippen molar-refractivity contribution >= 4 is 33.2 Å². The molecule has 40 heavy (non-hydrogen) atoms. The van der Waals surface area contributed by atoms with Crippen LogP contribution < -0.4 is 5.32 Å². The number of nitrogens with zero attached hydrogens (tertiary/aromatic N) is 3. The summed E-state index contributed by atoms with van der Waals surface area (Å²) in [4.78, 5) is 20.6. The zero-order valence-corrected chi connectivity index (χ0v) is 24.1. The van der Waals surface area contributed by atoms with Gasteiger partial charge < -0.3 is 30.5 Å². The van der Waals surface area contributed by atoms with E-state index in [0.29, 0.717) is 29.6 Å². The number of benzene rings is 2. The van der Waals surface area contributed by atoms with Crippen LogP contribution in [0.1, 0.15) is 25.0 Å². The molecular weight excluding hydrogens is 534 g/mol. The van der Waals surface area contributed by atoms with Crippen LogP contribution in [0.25, 0.3) is 10.9 Å². The first-order chi connectivity index (χ1) is 18.9. The number of H-pyrrole nitrogens is 1. The fourth-order valence-corrected chi connectivity index (χ4v) is 6.00. The minimum absolute atomic E-state index is 0.0133. The molecular formula is C28H39N5O6S. The van der Waals surface area contributed by atoms with Gasteiger partial charge in [0, 0.05) is 36.8 Å². The Labute approximate surface area is 235 Å². The highest BCUT2D eigenvalue weighted by atomic mass is 32.2. The largest absolute Gasteiger partial charge is 0.494 e. The van der Waals surface area contributed by atoms with E-state index < -0.39 is 28.3 Å². The molecule has 0 saturated heterocycles. The Bertz CT molecular complexity index is 1410. The average Bonchev–Trinajstić information content (AvgIpc) is 3.19. The van der Waals surface area contributed by atoms with Crippen molar-refractivity contribution in [3.8, 4) is 5.88 Å². The van der Waals surface area contributed by atoms with Gasteiger partial charge >= 0.3 is 6.09 Å². The Morgan fingerprint density at radius 3 is 2.45 bits per heavy atom. The molecule has 11 nitrogen and oxygen atoms in total. The van der Waals surface area contributed by atoms with Crippen LogP contribution in [-0.4, -0.2) is 103 Å². The van der Waals surface area contributed by atoms with Crippen molar-refractivity contribution in [1.29, 1.82) is 0 Å². The maximum absolute atomic E-state index is 13.9. The lowest BCUT2D eigenvalue weighted by Crippen LogP contribution is -2.50. The summed E-state index contributed by atoms with van der Waals surface area (Å²) in [5.41, 5.74) is 1.74. The number of aliphatic hydroxyl groups is 1. The van der Waals surface area contributed by atoms with Crippen molar-refractivity contribution < 1.29 is 28.5 Å². The minimum atomic E-state index is -4.11. The molecule has 0 aliphatic carbocycles. The number of fused-ring (bicyclic) bond motifs is 1. The molecule has 0 bridgehead atoms. The number of carboxylic acid groups (broad SMARTS) is 1. The fraction of sp³-hybridized carbons (Fsp3) is 0.429. The molecule has 0 aliphatic rings. The van der Waals surface area contributed by atoms with Crippen molar-refractivity contribution in [2.75, 3.05) is 40.3 Å². The highest BCUT2D eigenvalue weighted by molar-refractivity contribution is 7.89. The predicted molar refractivity (Wildman–Crippen MR) is 156 cm³/mol. The number of nitrogens with one attached hydrogen (secondary N) is 2. The van der Waals surface area contributed by atoms with E-state index in [1.54, 1.807) is 6.07 Å². The van der Waals surface area contributed by atoms with Crippen LogP contribution in [0.3, 0.4) is 0 Å². The van der Waals surface area contributed by atoms with E-state index in [-0.39, 0.29) is 36.2 Å². The van der Waals surface area contributed by atoms with Crippen molar-refractivity contribution in [1.82, 2.24) is 19.5 Å². The van der Waals surface area contributed by atoms with Crippen LogP contribution in [0.5, 0.6) is 5.88 Å². The number of sulfonamides is 1. The third-order valence-electron chi connectivity index (χ3n) is 6.36. The molecule has 2 atom stereocenters. The highest BCUT2D eigenvalue weighted by Gasteiger charge is 2.31. The van der Waals surface area contributed by atoms with Crippen LogP contribution in [-0.2, 0) is 16.4 Å². The van der Waals surface area contributed by atoms with Crippen LogP contribution in [0.15, 0.2) is 58.4 Å². The van der Waals surface area contributed by atoms with Gasteiger partial charge in [-0.15, -0.1) is 0 Å². The van der Waals surface area contributed by atoms with Gasteiger partial charge in [-0.3, -0.25) is 4.99 Å². The number of hydrogen-bond donors (Lipinski definition) is 5. The third kappa shape index (κ3) is 8.28. The maximum atomic E-state index is 13.9. The van der Waals surface area contributed by atoms with E-state index in [4.69, 9.17) is 0 Å². The first-order valence-electron chi connectivity index (χ1n) is 13.1. The first-order valence-corrected chi connectivity index (χ1v) is 14.5. The second kappa shape index (κ2) is 13.8. The van der Waals surface area contributed by atoms with E-state index in [9.17, 15) is 28.5 Å². The summed E-state index contributed by atoms with van der Waals surface area (Å²) in [6.07, 6.45) is -0.912. The smallest absolute Gasteiger partial charge is 0.404 e. The lowest BCUT2D eigenvalue weighted by molar-refractivity contribution is 0.0980. The molecule has 3 aromatic rings. The molecule has 218 valence electrons. The molecule has 1 aromatic heterocycles. The van der Waals surface area contributed by atoms with E-state index >= 15 is 0 Å². The predicted octanol–water partition coefficient (Wildman–Crippen LogP) is 2.74. The van der Waals surface area contributed by atoms with Gasteiger partial charge in [-0.1, -0.05) is 44.2 Å².